The zero-order valence-electron chi connectivity index (χ0n) is 12.9. The Labute approximate surface area is 148 Å². The minimum atomic E-state index is -3.46. The van der Waals surface area contributed by atoms with Crippen LogP contribution in [-0.2, 0) is 10.0 Å². The summed E-state index contributed by atoms with van der Waals surface area (Å²) in [6.07, 6.45) is 3.66. The molecule has 0 radical (unpaired) electrons. The van der Waals surface area contributed by atoms with Crippen molar-refractivity contribution in [2.75, 3.05) is 24.7 Å². The fourth-order valence-electron chi connectivity index (χ4n) is 2.37. The number of hydrogen-bond acceptors (Lipinski definition) is 7. The van der Waals surface area contributed by atoms with E-state index in [9.17, 15) is 13.2 Å². The summed E-state index contributed by atoms with van der Waals surface area (Å²) in [4.78, 5) is 12.4. The van der Waals surface area contributed by atoms with Gasteiger partial charge in [0.05, 0.1) is 4.90 Å². The normalized spacial score (nSPS) is 15.5. The minimum absolute atomic E-state index is 0.210. The zero-order valence-corrected chi connectivity index (χ0v) is 15.4. The Morgan fingerprint density at radius 1 is 1.21 bits per heavy atom. The first kappa shape index (κ1) is 17.3. The molecule has 1 aliphatic heterocycles. The lowest BCUT2D eigenvalue weighted by molar-refractivity contribution is 0.102. The van der Waals surface area contributed by atoms with Crippen molar-refractivity contribution in [3.05, 3.63) is 29.8 Å². The summed E-state index contributed by atoms with van der Waals surface area (Å²) < 4.78 is 27.1. The summed E-state index contributed by atoms with van der Waals surface area (Å²) in [6.45, 7) is 1.11. The number of benzene rings is 1. The van der Waals surface area contributed by atoms with E-state index in [0.29, 0.717) is 23.8 Å². The Bertz CT molecular complexity index is 827. The van der Waals surface area contributed by atoms with Gasteiger partial charge in [-0.2, -0.15) is 4.31 Å². The van der Waals surface area contributed by atoms with Gasteiger partial charge >= 0.3 is 0 Å². The van der Waals surface area contributed by atoms with Crippen molar-refractivity contribution in [3.8, 4) is 0 Å². The van der Waals surface area contributed by atoms with Gasteiger partial charge in [-0.3, -0.25) is 10.1 Å². The number of carbonyl (C=O) groups is 1. The van der Waals surface area contributed by atoms with Crippen LogP contribution in [0.25, 0.3) is 0 Å². The first-order valence-electron chi connectivity index (χ1n) is 7.30. The Morgan fingerprint density at radius 3 is 2.46 bits per heavy atom. The van der Waals surface area contributed by atoms with Gasteiger partial charge in [-0.15, -0.1) is 10.2 Å². The molecule has 0 atom stereocenters. The van der Waals surface area contributed by atoms with Crippen LogP contribution < -0.4 is 5.32 Å². The van der Waals surface area contributed by atoms with E-state index >= 15 is 0 Å². The molecule has 3 rings (SSSR count). The zero-order chi connectivity index (χ0) is 17.2. The standard InChI is InChI=1S/C14H16N4O3S3/c1-22-14-17-16-13(23-14)15-12(19)10-4-6-11(7-5-10)24(20,21)18-8-2-3-9-18/h4-7H,2-3,8-9H2,1H3,(H,15,16,19). The van der Waals surface area contributed by atoms with Crippen molar-refractivity contribution in [3.63, 3.8) is 0 Å². The molecule has 7 nitrogen and oxygen atoms in total. The molecule has 1 saturated heterocycles. The lowest BCUT2D eigenvalue weighted by Crippen LogP contribution is -2.27. The van der Waals surface area contributed by atoms with Crippen molar-refractivity contribution in [1.82, 2.24) is 14.5 Å². The van der Waals surface area contributed by atoms with Gasteiger partial charge in [0.1, 0.15) is 0 Å². The van der Waals surface area contributed by atoms with Crippen molar-refractivity contribution in [1.29, 1.82) is 0 Å². The number of anilines is 1. The lowest BCUT2D eigenvalue weighted by Gasteiger charge is -2.15. The first-order valence-corrected chi connectivity index (χ1v) is 10.8. The second-order valence-electron chi connectivity index (χ2n) is 5.17. The van der Waals surface area contributed by atoms with Crippen LogP contribution in [0, 0.1) is 0 Å². The van der Waals surface area contributed by atoms with E-state index in [0.717, 1.165) is 17.2 Å². The Hall–Kier alpha value is -1.49. The van der Waals surface area contributed by atoms with E-state index in [1.54, 1.807) is 0 Å². The van der Waals surface area contributed by atoms with Gasteiger partial charge in [0.2, 0.25) is 15.2 Å². The summed E-state index contributed by atoms with van der Waals surface area (Å²) in [5.74, 6) is -0.344. The minimum Gasteiger partial charge on any atom is -0.296 e. The van der Waals surface area contributed by atoms with Crippen LogP contribution in [0.5, 0.6) is 0 Å². The highest BCUT2D eigenvalue weighted by atomic mass is 32.2. The van der Waals surface area contributed by atoms with Crippen LogP contribution in [0.4, 0.5) is 5.13 Å². The first-order chi connectivity index (χ1) is 11.5. The number of nitrogens with one attached hydrogen (secondary N) is 1. The molecule has 1 amide bonds. The molecule has 0 unspecified atom stereocenters. The monoisotopic (exact) mass is 384 g/mol. The third-order valence-electron chi connectivity index (χ3n) is 3.62. The van der Waals surface area contributed by atoms with Gasteiger partial charge in [0.15, 0.2) is 4.34 Å². The van der Waals surface area contributed by atoms with Crippen molar-refractivity contribution in [2.24, 2.45) is 0 Å². The predicted octanol–water partition coefficient (Wildman–Crippen LogP) is 2.30. The van der Waals surface area contributed by atoms with Crippen molar-refractivity contribution >= 4 is 44.2 Å². The Morgan fingerprint density at radius 2 is 1.88 bits per heavy atom. The van der Waals surface area contributed by atoms with E-state index in [-0.39, 0.29) is 10.8 Å². The van der Waals surface area contributed by atoms with Gasteiger partial charge in [0.25, 0.3) is 5.91 Å². The third-order valence-corrected chi connectivity index (χ3v) is 7.35. The molecule has 1 N–H and O–H groups in total. The molecule has 2 heterocycles. The molecule has 24 heavy (non-hydrogen) atoms. The van der Waals surface area contributed by atoms with E-state index in [1.807, 2.05) is 6.26 Å². The van der Waals surface area contributed by atoms with Crippen LogP contribution >= 0.6 is 23.1 Å². The Balaban J connectivity index is 1.72. The van der Waals surface area contributed by atoms with Gasteiger partial charge in [0, 0.05) is 18.7 Å². The van der Waals surface area contributed by atoms with Crippen LogP contribution in [0.2, 0.25) is 0 Å². The third kappa shape index (κ3) is 3.61. The summed E-state index contributed by atoms with van der Waals surface area (Å²) in [5.41, 5.74) is 0.372. The molecule has 128 valence electrons. The van der Waals surface area contributed by atoms with Gasteiger partial charge in [-0.25, -0.2) is 8.42 Å². The molecule has 2 aromatic rings. The second-order valence-corrected chi connectivity index (χ2v) is 9.14. The maximum Gasteiger partial charge on any atom is 0.257 e. The molecule has 1 fully saturated rings. The highest BCUT2D eigenvalue weighted by Gasteiger charge is 2.27. The summed E-state index contributed by atoms with van der Waals surface area (Å²) in [6, 6.07) is 5.95. The maximum absolute atomic E-state index is 12.4. The summed E-state index contributed by atoms with van der Waals surface area (Å²) in [5, 5.41) is 10.9. The number of carbonyl (C=O) groups excluding carboxylic acids is 1. The van der Waals surface area contributed by atoms with E-state index in [2.05, 4.69) is 15.5 Å². The average Bonchev–Trinajstić information content (AvgIpc) is 3.27. The molecule has 0 aliphatic carbocycles. The smallest absolute Gasteiger partial charge is 0.257 e. The second kappa shape index (κ2) is 7.18. The topological polar surface area (TPSA) is 92.3 Å². The molecule has 0 saturated carbocycles. The van der Waals surface area contributed by atoms with Crippen LogP contribution in [0.3, 0.4) is 0 Å². The predicted molar refractivity (Wildman–Crippen MR) is 94.1 cm³/mol. The molecule has 1 aromatic heterocycles. The fraction of sp³-hybridized carbons (Fsp3) is 0.357. The van der Waals surface area contributed by atoms with Crippen molar-refractivity contribution in [2.45, 2.75) is 22.1 Å². The van der Waals surface area contributed by atoms with Crippen LogP contribution in [-0.4, -0.2) is 48.2 Å². The number of thioether (sulfide) groups is 1. The summed E-state index contributed by atoms with van der Waals surface area (Å²) >= 11 is 2.74. The van der Waals surface area contributed by atoms with Crippen LogP contribution in [0.1, 0.15) is 23.2 Å². The molecule has 1 aliphatic rings. The Kier molecular flexibility index (Phi) is 5.18. The largest absolute Gasteiger partial charge is 0.296 e. The molecular weight excluding hydrogens is 368 g/mol. The molecule has 1 aromatic carbocycles. The fourth-order valence-corrected chi connectivity index (χ4v) is 5.05. The van der Waals surface area contributed by atoms with E-state index in [4.69, 9.17) is 0 Å². The molecular formula is C14H16N4O3S3. The number of aromatic nitrogens is 2. The molecule has 0 spiro atoms. The SMILES string of the molecule is CSc1nnc(NC(=O)c2ccc(S(=O)(=O)N3CCCC3)cc2)s1. The highest BCUT2D eigenvalue weighted by Crippen LogP contribution is 2.24. The van der Waals surface area contributed by atoms with E-state index < -0.39 is 10.0 Å². The van der Waals surface area contributed by atoms with Gasteiger partial charge in [-0.1, -0.05) is 23.1 Å². The molecule has 10 heteroatoms. The highest BCUT2D eigenvalue weighted by molar-refractivity contribution is 8.00. The number of hydrogen-bond donors (Lipinski definition) is 1. The number of amides is 1. The number of nitrogens with zero attached hydrogens (tertiary/aromatic N) is 3. The van der Waals surface area contributed by atoms with Crippen LogP contribution in [0.15, 0.2) is 33.5 Å². The van der Waals surface area contributed by atoms with Gasteiger partial charge in [-0.05, 0) is 43.4 Å². The summed E-state index contributed by atoms with van der Waals surface area (Å²) in [7, 11) is -3.46. The number of sulfonamides is 1. The van der Waals surface area contributed by atoms with E-state index in [1.165, 1.54) is 51.7 Å². The van der Waals surface area contributed by atoms with Crippen molar-refractivity contribution < 1.29 is 13.2 Å². The number of rotatable bonds is 5. The molecule has 0 bridgehead atoms. The average molecular weight is 385 g/mol. The lowest BCUT2D eigenvalue weighted by atomic mass is 10.2. The maximum atomic E-state index is 12.4. The van der Waals surface area contributed by atoms with Gasteiger partial charge < -0.3 is 0 Å². The quantitative estimate of drug-likeness (QED) is 0.628.